The zero-order valence-electron chi connectivity index (χ0n) is 40.3. The normalized spacial score (nSPS) is 15.2. The van der Waals surface area contributed by atoms with Gasteiger partial charge in [0.2, 0.25) is 0 Å². The maximum Gasteiger partial charge on any atom is 0.0720 e. The van der Waals surface area contributed by atoms with Gasteiger partial charge in [-0.3, -0.25) is 0 Å². The molecule has 0 N–H and O–H groups in total. The van der Waals surface area contributed by atoms with Crippen LogP contribution < -0.4 is 4.90 Å². The third-order valence-electron chi connectivity index (χ3n) is 15.2. The molecule has 0 heterocycles. The quantitative estimate of drug-likeness (QED) is 0.147. The number of nitrogens with zero attached hydrogens (tertiary/aromatic N) is 1. The molecule has 0 saturated carbocycles. The van der Waals surface area contributed by atoms with Crippen LogP contribution in [0.2, 0.25) is 0 Å². The molecule has 0 aromatic heterocycles. The van der Waals surface area contributed by atoms with Crippen LogP contribution >= 0.6 is 0 Å². The van der Waals surface area contributed by atoms with Crippen LogP contribution in [0.5, 0.6) is 0 Å². The van der Waals surface area contributed by atoms with Crippen LogP contribution in [0.15, 0.2) is 285 Å². The molecule has 0 aliphatic heterocycles. The van der Waals surface area contributed by atoms with Crippen molar-refractivity contribution in [1.82, 2.24) is 0 Å². The molecule has 1 nitrogen and oxygen atoms in total. The van der Waals surface area contributed by atoms with Crippen LogP contribution in [0.4, 0.5) is 11.4 Å². The van der Waals surface area contributed by atoms with Crippen molar-refractivity contribution in [1.29, 1.82) is 0 Å². The average molecular weight is 910 g/mol. The predicted molar refractivity (Wildman–Crippen MR) is 297 cm³/mol. The molecule has 10 aromatic carbocycles. The molecule has 0 saturated heterocycles. The second kappa shape index (κ2) is 18.4. The topological polar surface area (TPSA) is 3.24 Å². The van der Waals surface area contributed by atoms with Gasteiger partial charge in [-0.25, -0.2) is 0 Å². The van der Waals surface area contributed by atoms with Gasteiger partial charge >= 0.3 is 0 Å². The number of allylic oxidation sites excluding steroid dienone is 3. The fourth-order valence-corrected chi connectivity index (χ4v) is 12.2. The van der Waals surface area contributed by atoms with Crippen molar-refractivity contribution in [2.24, 2.45) is 0 Å². The number of rotatable bonds is 8. The zero-order chi connectivity index (χ0) is 47.8. The molecule has 0 bridgehead atoms. The van der Waals surface area contributed by atoms with E-state index in [0.717, 1.165) is 17.8 Å². The van der Waals surface area contributed by atoms with Crippen molar-refractivity contribution in [3.8, 4) is 33.4 Å². The Labute approximate surface area is 419 Å². The summed E-state index contributed by atoms with van der Waals surface area (Å²) in [5.41, 5.74) is 21.9. The molecule has 0 fully saturated rings. The van der Waals surface area contributed by atoms with Crippen LogP contribution in [-0.2, 0) is 10.8 Å². The van der Waals surface area contributed by atoms with Crippen molar-refractivity contribution in [3.05, 3.63) is 335 Å². The molecule has 71 heavy (non-hydrogen) atoms. The van der Waals surface area contributed by atoms with E-state index < -0.39 is 10.8 Å². The summed E-state index contributed by atoms with van der Waals surface area (Å²) < 4.78 is 0. The first kappa shape index (κ1) is 43.7. The van der Waals surface area contributed by atoms with Crippen LogP contribution in [0, 0.1) is 0 Å². The number of anilines is 2. The maximum absolute atomic E-state index is 2.51. The predicted octanol–water partition coefficient (Wildman–Crippen LogP) is 17.9. The van der Waals surface area contributed by atoms with E-state index in [9.17, 15) is 0 Å². The lowest BCUT2D eigenvalue weighted by Crippen LogP contribution is -2.44. The largest absolute Gasteiger partial charge is 0.311 e. The highest BCUT2D eigenvalue weighted by molar-refractivity contribution is 5.90. The Balaban J connectivity index is 0.00000256. The minimum Gasteiger partial charge on any atom is -0.311 e. The number of benzene rings is 10. The van der Waals surface area contributed by atoms with E-state index in [2.05, 4.69) is 284 Å². The third kappa shape index (κ3) is 7.06. The summed E-state index contributed by atoms with van der Waals surface area (Å²) in [7, 11) is 0. The van der Waals surface area contributed by atoms with E-state index in [1.54, 1.807) is 0 Å². The van der Waals surface area contributed by atoms with E-state index >= 15 is 0 Å². The van der Waals surface area contributed by atoms with E-state index in [4.69, 9.17) is 0 Å². The molecular weight excluding hydrogens is 855 g/mol. The number of para-hydroxylation sites is 1. The van der Waals surface area contributed by atoms with Crippen molar-refractivity contribution >= 4 is 11.4 Å². The Morgan fingerprint density at radius 2 is 0.761 bits per heavy atom. The van der Waals surface area contributed by atoms with Gasteiger partial charge in [-0.1, -0.05) is 263 Å². The molecule has 0 amide bonds. The lowest BCUT2D eigenvalue weighted by Gasteiger charge is -2.50. The Morgan fingerprint density at radius 3 is 1.28 bits per heavy atom. The Bertz CT molecular complexity index is 3460. The van der Waals surface area contributed by atoms with Crippen molar-refractivity contribution < 1.29 is 0 Å². The Morgan fingerprint density at radius 1 is 0.352 bits per heavy atom. The minimum atomic E-state index is -0.514. The van der Waals surface area contributed by atoms with E-state index in [1.807, 2.05) is 13.8 Å². The van der Waals surface area contributed by atoms with Gasteiger partial charge in [0.15, 0.2) is 0 Å². The first-order valence-electron chi connectivity index (χ1n) is 25.3. The van der Waals surface area contributed by atoms with Crippen molar-refractivity contribution in [2.45, 2.75) is 37.0 Å². The average Bonchev–Trinajstić information content (AvgIpc) is 3.75. The van der Waals surface area contributed by atoms with Gasteiger partial charge in [-0.2, -0.15) is 0 Å². The summed E-state index contributed by atoms with van der Waals surface area (Å²) in [6.45, 7) is 4.00. The molecule has 1 heteroatoms. The van der Waals surface area contributed by atoms with Crippen LogP contribution in [0.3, 0.4) is 0 Å². The smallest absolute Gasteiger partial charge is 0.0720 e. The lowest BCUT2D eigenvalue weighted by atomic mass is 9.51. The SMILES string of the molecule is C1=CC(c2ccc3c(c2)-c2ccccc2C32c3ccccc3C(c3ccccc3)(c3ccccc3)c3ccccc32)CC=C1N(c1ccccc1)c1ccc(-c2ccc(-c3ccccc3)cc2)cc1.CC. The highest BCUT2D eigenvalue weighted by Crippen LogP contribution is 2.64. The standard InChI is InChI=1S/C68H49N.C2H6/c1-5-19-48(20-6-1)49-33-35-50(36-34-49)51-37-42-57(43-38-51)69(56-25-11-4-12-26-56)58-44-39-52(40-45-58)53-41-46-62-60(47-53)59-27-13-14-28-61(59)68(62)65-31-17-15-29-63(65)67(54-21-7-2-8-22-54,55-23-9-3-10-24-55)64-30-16-18-32-66(64)68;1-2/h1-39,41-47,52H,40H2;1-2H3. The first-order valence-corrected chi connectivity index (χ1v) is 25.3. The second-order valence-electron chi connectivity index (χ2n) is 18.7. The zero-order valence-corrected chi connectivity index (χ0v) is 40.3. The van der Waals surface area contributed by atoms with Crippen LogP contribution in [0.1, 0.15) is 76.3 Å². The van der Waals surface area contributed by atoms with Gasteiger partial charge in [-0.05, 0) is 120 Å². The van der Waals surface area contributed by atoms with Crippen LogP contribution in [0.25, 0.3) is 33.4 Å². The molecule has 1 atom stereocenters. The summed E-state index contributed by atoms with van der Waals surface area (Å²) in [4.78, 5) is 2.39. The second-order valence-corrected chi connectivity index (χ2v) is 18.7. The van der Waals surface area contributed by atoms with Gasteiger partial charge in [0.05, 0.1) is 10.8 Å². The van der Waals surface area contributed by atoms with E-state index in [-0.39, 0.29) is 5.92 Å². The highest BCUT2D eigenvalue weighted by atomic mass is 15.1. The summed E-state index contributed by atoms with van der Waals surface area (Å²) in [5, 5.41) is 0. The van der Waals surface area contributed by atoms with Gasteiger partial charge in [-0.15, -0.1) is 0 Å². The molecule has 3 aliphatic rings. The highest BCUT2D eigenvalue weighted by Gasteiger charge is 2.56. The Kier molecular flexibility index (Phi) is 11.4. The fourth-order valence-electron chi connectivity index (χ4n) is 12.2. The van der Waals surface area contributed by atoms with Crippen LogP contribution in [-0.4, -0.2) is 0 Å². The molecule has 0 radical (unpaired) electrons. The van der Waals surface area contributed by atoms with E-state index in [1.165, 1.54) is 89.1 Å². The molecular formula is C70H55N. The molecule has 340 valence electrons. The number of fused-ring (bicyclic) bond motifs is 9. The summed E-state index contributed by atoms with van der Waals surface area (Å²) in [6, 6.07) is 96.8. The number of hydrogen-bond acceptors (Lipinski definition) is 1. The first-order chi connectivity index (χ1) is 35.2. The summed E-state index contributed by atoms with van der Waals surface area (Å²) >= 11 is 0. The molecule has 1 unspecified atom stereocenters. The molecule has 3 aliphatic carbocycles. The third-order valence-corrected chi connectivity index (χ3v) is 15.2. The summed E-state index contributed by atoms with van der Waals surface area (Å²) in [5.74, 6) is 0.233. The van der Waals surface area contributed by atoms with Crippen molar-refractivity contribution in [2.75, 3.05) is 4.90 Å². The van der Waals surface area contributed by atoms with Crippen molar-refractivity contribution in [3.63, 3.8) is 0 Å². The monoisotopic (exact) mass is 909 g/mol. The fraction of sp³-hybridized carbons (Fsp3) is 0.0857. The van der Waals surface area contributed by atoms with Gasteiger partial charge in [0.25, 0.3) is 0 Å². The van der Waals surface area contributed by atoms with Gasteiger partial charge < -0.3 is 4.90 Å². The molecule has 13 rings (SSSR count). The van der Waals surface area contributed by atoms with Gasteiger partial charge in [0.1, 0.15) is 0 Å². The van der Waals surface area contributed by atoms with E-state index in [0.29, 0.717) is 0 Å². The molecule has 1 spiro atoms. The lowest BCUT2D eigenvalue weighted by molar-refractivity contribution is 0.623. The number of hydrogen-bond donors (Lipinski definition) is 0. The minimum absolute atomic E-state index is 0.233. The maximum atomic E-state index is 2.51. The Hall–Kier alpha value is -8.52. The summed E-state index contributed by atoms with van der Waals surface area (Å²) in [6.07, 6.45) is 8.08. The van der Waals surface area contributed by atoms with Gasteiger partial charge in [0, 0.05) is 23.0 Å². The molecule has 10 aromatic rings.